The van der Waals surface area contributed by atoms with E-state index < -0.39 is 0 Å². The van der Waals surface area contributed by atoms with E-state index in [9.17, 15) is 9.18 Å². The molecule has 0 aliphatic rings. The highest BCUT2D eigenvalue weighted by Gasteiger charge is 2.11. The molecule has 0 spiro atoms. The van der Waals surface area contributed by atoms with Crippen molar-refractivity contribution in [3.8, 4) is 0 Å². The van der Waals surface area contributed by atoms with Crippen molar-refractivity contribution in [3.63, 3.8) is 0 Å². The predicted octanol–water partition coefficient (Wildman–Crippen LogP) is 3.09. The van der Waals surface area contributed by atoms with E-state index in [1.807, 2.05) is 26.8 Å². The van der Waals surface area contributed by atoms with E-state index in [0.717, 1.165) is 11.3 Å². The molecule has 0 fully saturated rings. The van der Waals surface area contributed by atoms with Crippen molar-refractivity contribution in [2.75, 3.05) is 5.32 Å². The second-order valence-electron chi connectivity index (χ2n) is 5.06. The minimum Gasteiger partial charge on any atom is -0.311 e. The van der Waals surface area contributed by atoms with Crippen LogP contribution in [0.25, 0.3) is 0 Å². The summed E-state index contributed by atoms with van der Waals surface area (Å²) in [5.41, 5.74) is 1.63. The molecule has 5 heteroatoms. The first-order valence-electron chi connectivity index (χ1n) is 6.56. The van der Waals surface area contributed by atoms with Gasteiger partial charge in [0.2, 0.25) is 5.91 Å². The molecule has 0 atom stereocenters. The van der Waals surface area contributed by atoms with Gasteiger partial charge in [0.05, 0.1) is 12.1 Å². The van der Waals surface area contributed by atoms with Gasteiger partial charge in [0.15, 0.2) is 0 Å². The normalized spacial score (nSPS) is 10.8. The highest BCUT2D eigenvalue weighted by Crippen LogP contribution is 2.16. The van der Waals surface area contributed by atoms with Gasteiger partial charge in [-0.25, -0.2) is 9.07 Å². The Bertz CT molecular complexity index is 602. The molecule has 2 rings (SSSR count). The molecule has 2 aromatic rings. The van der Waals surface area contributed by atoms with Gasteiger partial charge in [-0.15, -0.1) is 0 Å². The summed E-state index contributed by atoms with van der Waals surface area (Å²) in [5, 5.41) is 7.18. The third-order valence-corrected chi connectivity index (χ3v) is 2.89. The van der Waals surface area contributed by atoms with E-state index >= 15 is 0 Å². The summed E-state index contributed by atoms with van der Waals surface area (Å²) in [6.07, 6.45) is 0.211. The molecule has 1 N–H and O–H groups in total. The third-order valence-electron chi connectivity index (χ3n) is 2.89. The molecule has 20 heavy (non-hydrogen) atoms. The molecule has 0 bridgehead atoms. The number of hydrogen-bond acceptors (Lipinski definition) is 2. The number of amides is 1. The smallest absolute Gasteiger partial charge is 0.229 e. The first-order valence-corrected chi connectivity index (χ1v) is 6.56. The lowest BCUT2D eigenvalue weighted by Gasteiger charge is -2.11. The van der Waals surface area contributed by atoms with Crippen LogP contribution >= 0.6 is 0 Å². The molecule has 4 nitrogen and oxygen atoms in total. The molecule has 1 amide bonds. The lowest BCUT2D eigenvalue weighted by Crippen LogP contribution is -2.18. The van der Waals surface area contributed by atoms with Gasteiger partial charge in [-0.05, 0) is 38.5 Å². The van der Waals surface area contributed by atoms with Gasteiger partial charge in [0.25, 0.3) is 0 Å². The molecule has 0 radical (unpaired) electrons. The number of anilines is 1. The Hall–Kier alpha value is -2.17. The van der Waals surface area contributed by atoms with Crippen LogP contribution in [0, 0.1) is 12.7 Å². The summed E-state index contributed by atoms with van der Waals surface area (Å²) in [4.78, 5) is 12.0. The first kappa shape index (κ1) is 14.2. The van der Waals surface area contributed by atoms with Gasteiger partial charge >= 0.3 is 0 Å². The van der Waals surface area contributed by atoms with Crippen molar-refractivity contribution in [1.29, 1.82) is 0 Å². The standard InChI is InChI=1S/C15H18FN3O/c1-10(2)19-14(8-11(3)18-19)17-15(20)9-12-4-6-13(16)7-5-12/h4-8,10H,9H2,1-3H3,(H,17,20). The van der Waals surface area contributed by atoms with E-state index in [0.29, 0.717) is 5.82 Å². The van der Waals surface area contributed by atoms with Crippen molar-refractivity contribution in [2.45, 2.75) is 33.2 Å². The molecule has 1 aromatic heterocycles. The first-order chi connectivity index (χ1) is 9.45. The molecule has 106 valence electrons. The minimum atomic E-state index is -0.303. The van der Waals surface area contributed by atoms with Crippen LogP contribution in [0.5, 0.6) is 0 Å². The van der Waals surface area contributed by atoms with Gasteiger partial charge in [-0.3, -0.25) is 4.79 Å². The van der Waals surface area contributed by atoms with Crippen LogP contribution in [0.3, 0.4) is 0 Å². The molecule has 0 aliphatic carbocycles. The number of hydrogen-bond donors (Lipinski definition) is 1. The fraction of sp³-hybridized carbons (Fsp3) is 0.333. The van der Waals surface area contributed by atoms with Crippen LogP contribution in [-0.2, 0) is 11.2 Å². The summed E-state index contributed by atoms with van der Waals surface area (Å²) >= 11 is 0. The van der Waals surface area contributed by atoms with Gasteiger partial charge < -0.3 is 5.32 Å². The third kappa shape index (κ3) is 3.44. The lowest BCUT2D eigenvalue weighted by molar-refractivity contribution is -0.115. The molecule has 1 aromatic carbocycles. The maximum absolute atomic E-state index is 12.8. The van der Waals surface area contributed by atoms with Crippen LogP contribution in [0.2, 0.25) is 0 Å². The van der Waals surface area contributed by atoms with E-state index in [4.69, 9.17) is 0 Å². The monoisotopic (exact) mass is 275 g/mol. The minimum absolute atomic E-state index is 0.140. The van der Waals surface area contributed by atoms with Crippen molar-refractivity contribution in [2.24, 2.45) is 0 Å². The average Bonchev–Trinajstić information content (AvgIpc) is 2.73. The quantitative estimate of drug-likeness (QED) is 0.932. The van der Waals surface area contributed by atoms with Crippen LogP contribution in [-0.4, -0.2) is 15.7 Å². The zero-order valence-corrected chi connectivity index (χ0v) is 11.9. The summed E-state index contributed by atoms with van der Waals surface area (Å²) in [7, 11) is 0. The van der Waals surface area contributed by atoms with Crippen LogP contribution < -0.4 is 5.32 Å². The number of carbonyl (C=O) groups excluding carboxylic acids is 1. The SMILES string of the molecule is Cc1cc(NC(=O)Cc2ccc(F)cc2)n(C(C)C)n1. The summed E-state index contributed by atoms with van der Waals surface area (Å²) < 4.78 is 14.6. The zero-order chi connectivity index (χ0) is 14.7. The number of halogens is 1. The van der Waals surface area contributed by atoms with Crippen LogP contribution in [0.4, 0.5) is 10.2 Å². The maximum atomic E-state index is 12.8. The number of aromatic nitrogens is 2. The number of benzene rings is 1. The second kappa shape index (κ2) is 5.86. The maximum Gasteiger partial charge on any atom is 0.229 e. The summed E-state index contributed by atoms with van der Waals surface area (Å²) in [6.45, 7) is 5.89. The molecule has 0 saturated heterocycles. The van der Waals surface area contributed by atoms with Gasteiger partial charge in [0.1, 0.15) is 11.6 Å². The van der Waals surface area contributed by atoms with Gasteiger partial charge in [-0.1, -0.05) is 12.1 Å². The molecular weight excluding hydrogens is 257 g/mol. The molecule has 0 saturated carbocycles. The number of rotatable bonds is 4. The van der Waals surface area contributed by atoms with E-state index in [2.05, 4.69) is 10.4 Å². The zero-order valence-electron chi connectivity index (χ0n) is 11.9. The highest BCUT2D eigenvalue weighted by atomic mass is 19.1. The van der Waals surface area contributed by atoms with E-state index in [1.54, 1.807) is 16.8 Å². The number of aryl methyl sites for hydroxylation is 1. The van der Waals surface area contributed by atoms with E-state index in [1.165, 1.54) is 12.1 Å². The van der Waals surface area contributed by atoms with Gasteiger partial charge in [0, 0.05) is 12.1 Å². The highest BCUT2D eigenvalue weighted by molar-refractivity contribution is 5.91. The van der Waals surface area contributed by atoms with E-state index in [-0.39, 0.29) is 24.2 Å². The number of nitrogens with one attached hydrogen (secondary N) is 1. The van der Waals surface area contributed by atoms with Crippen LogP contribution in [0.15, 0.2) is 30.3 Å². The Morgan fingerprint density at radius 2 is 2.00 bits per heavy atom. The largest absolute Gasteiger partial charge is 0.311 e. The lowest BCUT2D eigenvalue weighted by atomic mass is 10.1. The second-order valence-corrected chi connectivity index (χ2v) is 5.06. The average molecular weight is 275 g/mol. The Labute approximate surface area is 117 Å². The summed E-state index contributed by atoms with van der Waals surface area (Å²) in [6, 6.07) is 7.93. The van der Waals surface area contributed by atoms with Crippen LogP contribution in [0.1, 0.15) is 31.1 Å². The predicted molar refractivity (Wildman–Crippen MR) is 76.1 cm³/mol. The van der Waals surface area contributed by atoms with Crippen molar-refractivity contribution >= 4 is 11.7 Å². The fourth-order valence-electron chi connectivity index (χ4n) is 1.98. The Balaban J connectivity index is 2.06. The molecule has 0 unspecified atom stereocenters. The molecule has 0 aliphatic heterocycles. The molecule has 1 heterocycles. The Kier molecular flexibility index (Phi) is 4.17. The molecular formula is C15H18FN3O. The summed E-state index contributed by atoms with van der Waals surface area (Å²) in [5.74, 6) is 0.241. The number of nitrogens with zero attached hydrogens (tertiary/aromatic N) is 2. The Morgan fingerprint density at radius 3 is 2.60 bits per heavy atom. The van der Waals surface area contributed by atoms with Gasteiger partial charge in [-0.2, -0.15) is 5.10 Å². The Morgan fingerprint density at radius 1 is 1.35 bits per heavy atom. The number of carbonyl (C=O) groups is 1. The van der Waals surface area contributed by atoms with Crippen molar-refractivity contribution in [1.82, 2.24) is 9.78 Å². The fourth-order valence-corrected chi connectivity index (χ4v) is 1.98. The van der Waals surface area contributed by atoms with Crippen molar-refractivity contribution in [3.05, 3.63) is 47.4 Å². The van der Waals surface area contributed by atoms with Crippen molar-refractivity contribution < 1.29 is 9.18 Å². The topological polar surface area (TPSA) is 46.9 Å².